The second-order valence-electron chi connectivity index (χ2n) is 4.16. The van der Waals surface area contributed by atoms with Crippen molar-refractivity contribution in [1.29, 1.82) is 0 Å². The van der Waals surface area contributed by atoms with Gasteiger partial charge in [0, 0.05) is 17.1 Å². The number of hydrogen-bond acceptors (Lipinski definition) is 2. The first kappa shape index (κ1) is 15.5. The van der Waals surface area contributed by atoms with Crippen molar-refractivity contribution in [3.05, 3.63) is 33.8 Å². The Bertz CT molecular complexity index is 393. The standard InChI is InChI=1S/C12H16BrF3N2/c1-8(4-5-17)18-7-9-6-10(12(14,15)16)2-3-11(9)13/h2-3,6,8,18H,4-5,7,17H2,1H3. The Labute approximate surface area is 113 Å². The molecule has 102 valence electrons. The number of nitrogens with two attached hydrogens (primary N) is 1. The van der Waals surface area contributed by atoms with Crippen LogP contribution in [0.5, 0.6) is 0 Å². The monoisotopic (exact) mass is 324 g/mol. The van der Waals surface area contributed by atoms with Gasteiger partial charge in [-0.3, -0.25) is 0 Å². The van der Waals surface area contributed by atoms with E-state index < -0.39 is 11.7 Å². The van der Waals surface area contributed by atoms with Crippen LogP contribution < -0.4 is 11.1 Å². The van der Waals surface area contributed by atoms with E-state index in [1.807, 2.05) is 6.92 Å². The molecule has 1 rings (SSSR count). The molecule has 2 nitrogen and oxygen atoms in total. The van der Waals surface area contributed by atoms with Crippen molar-refractivity contribution in [2.45, 2.75) is 32.1 Å². The largest absolute Gasteiger partial charge is 0.416 e. The van der Waals surface area contributed by atoms with Gasteiger partial charge in [-0.05, 0) is 43.7 Å². The lowest BCUT2D eigenvalue weighted by Crippen LogP contribution is -2.28. The third-order valence-corrected chi connectivity index (χ3v) is 3.39. The van der Waals surface area contributed by atoms with Crippen LogP contribution in [0.2, 0.25) is 0 Å². The second kappa shape index (κ2) is 6.54. The summed E-state index contributed by atoms with van der Waals surface area (Å²) in [7, 11) is 0. The van der Waals surface area contributed by atoms with Crippen LogP contribution >= 0.6 is 15.9 Å². The first-order valence-corrected chi connectivity index (χ1v) is 6.43. The summed E-state index contributed by atoms with van der Waals surface area (Å²) in [5.74, 6) is 0. The van der Waals surface area contributed by atoms with Crippen molar-refractivity contribution in [2.24, 2.45) is 5.73 Å². The summed E-state index contributed by atoms with van der Waals surface area (Å²) in [6, 6.07) is 3.83. The van der Waals surface area contributed by atoms with Crippen molar-refractivity contribution in [1.82, 2.24) is 5.32 Å². The fourth-order valence-corrected chi connectivity index (χ4v) is 1.91. The van der Waals surface area contributed by atoms with Gasteiger partial charge in [-0.2, -0.15) is 13.2 Å². The van der Waals surface area contributed by atoms with Gasteiger partial charge in [-0.25, -0.2) is 0 Å². The van der Waals surface area contributed by atoms with Gasteiger partial charge < -0.3 is 11.1 Å². The third kappa shape index (κ3) is 4.59. The van der Waals surface area contributed by atoms with E-state index in [0.29, 0.717) is 23.1 Å². The van der Waals surface area contributed by atoms with Crippen molar-refractivity contribution >= 4 is 15.9 Å². The lowest BCUT2D eigenvalue weighted by Gasteiger charge is -2.15. The fourth-order valence-electron chi connectivity index (χ4n) is 1.52. The lowest BCUT2D eigenvalue weighted by molar-refractivity contribution is -0.137. The molecule has 0 radical (unpaired) electrons. The first-order valence-electron chi connectivity index (χ1n) is 5.63. The van der Waals surface area contributed by atoms with Gasteiger partial charge in [0.05, 0.1) is 5.56 Å². The predicted octanol–water partition coefficient (Wildman–Crippen LogP) is 3.29. The minimum atomic E-state index is -4.31. The zero-order valence-corrected chi connectivity index (χ0v) is 11.6. The SMILES string of the molecule is CC(CCN)NCc1cc(C(F)(F)F)ccc1Br. The number of benzene rings is 1. The van der Waals surface area contributed by atoms with E-state index in [2.05, 4.69) is 21.2 Å². The van der Waals surface area contributed by atoms with Gasteiger partial charge in [0.15, 0.2) is 0 Å². The minimum absolute atomic E-state index is 0.177. The van der Waals surface area contributed by atoms with E-state index in [1.165, 1.54) is 6.07 Å². The quantitative estimate of drug-likeness (QED) is 0.872. The fraction of sp³-hybridized carbons (Fsp3) is 0.500. The average Bonchev–Trinajstić information content (AvgIpc) is 2.26. The molecular formula is C12H16BrF3N2. The smallest absolute Gasteiger partial charge is 0.330 e. The molecule has 0 heterocycles. The Kier molecular flexibility index (Phi) is 5.62. The van der Waals surface area contributed by atoms with E-state index >= 15 is 0 Å². The molecule has 18 heavy (non-hydrogen) atoms. The van der Waals surface area contributed by atoms with E-state index in [0.717, 1.165) is 18.6 Å². The van der Waals surface area contributed by atoms with Crippen LogP contribution in [0, 0.1) is 0 Å². The molecule has 1 aromatic carbocycles. The number of halogens is 4. The molecule has 1 unspecified atom stereocenters. The highest BCUT2D eigenvalue weighted by Gasteiger charge is 2.30. The lowest BCUT2D eigenvalue weighted by atomic mass is 10.1. The summed E-state index contributed by atoms with van der Waals surface area (Å²) in [5.41, 5.74) is 5.37. The Morgan fingerprint density at radius 1 is 1.39 bits per heavy atom. The Hall–Kier alpha value is -0.590. The average molecular weight is 325 g/mol. The van der Waals surface area contributed by atoms with Crippen LogP contribution in [0.15, 0.2) is 22.7 Å². The van der Waals surface area contributed by atoms with Crippen LogP contribution in [0.25, 0.3) is 0 Å². The van der Waals surface area contributed by atoms with Crippen LogP contribution in [0.4, 0.5) is 13.2 Å². The van der Waals surface area contributed by atoms with Gasteiger partial charge in [-0.1, -0.05) is 15.9 Å². The maximum atomic E-state index is 12.6. The summed E-state index contributed by atoms with van der Waals surface area (Å²) in [6.45, 7) is 2.89. The van der Waals surface area contributed by atoms with Crippen LogP contribution in [0.1, 0.15) is 24.5 Å². The van der Waals surface area contributed by atoms with Gasteiger partial charge in [0.2, 0.25) is 0 Å². The minimum Gasteiger partial charge on any atom is -0.330 e. The molecule has 0 aromatic heterocycles. The normalized spacial score (nSPS) is 13.7. The molecule has 0 aliphatic carbocycles. The molecule has 3 N–H and O–H groups in total. The van der Waals surface area contributed by atoms with Crippen molar-refractivity contribution in [3.63, 3.8) is 0 Å². The first-order chi connectivity index (χ1) is 8.34. The summed E-state index contributed by atoms with van der Waals surface area (Å²) in [5, 5.41) is 3.14. The summed E-state index contributed by atoms with van der Waals surface area (Å²) < 4.78 is 38.4. The molecule has 6 heteroatoms. The summed E-state index contributed by atoms with van der Waals surface area (Å²) in [4.78, 5) is 0. The molecule has 0 amide bonds. The highest BCUT2D eigenvalue weighted by molar-refractivity contribution is 9.10. The van der Waals surface area contributed by atoms with Crippen LogP contribution in [0.3, 0.4) is 0 Å². The molecule has 0 saturated carbocycles. The molecule has 1 atom stereocenters. The van der Waals surface area contributed by atoms with Gasteiger partial charge in [-0.15, -0.1) is 0 Å². The number of hydrogen-bond donors (Lipinski definition) is 2. The molecule has 0 fully saturated rings. The Morgan fingerprint density at radius 2 is 2.06 bits per heavy atom. The third-order valence-electron chi connectivity index (χ3n) is 2.61. The summed E-state index contributed by atoms with van der Waals surface area (Å²) >= 11 is 3.25. The Balaban J connectivity index is 2.76. The molecule has 0 aliphatic heterocycles. The van der Waals surface area contributed by atoms with E-state index in [1.54, 1.807) is 0 Å². The van der Waals surface area contributed by atoms with Crippen LogP contribution in [-0.2, 0) is 12.7 Å². The number of rotatable bonds is 5. The van der Waals surface area contributed by atoms with Crippen molar-refractivity contribution in [2.75, 3.05) is 6.54 Å². The zero-order chi connectivity index (χ0) is 13.8. The van der Waals surface area contributed by atoms with E-state index in [4.69, 9.17) is 5.73 Å². The highest BCUT2D eigenvalue weighted by Crippen LogP contribution is 2.31. The van der Waals surface area contributed by atoms with Gasteiger partial charge in [0.25, 0.3) is 0 Å². The van der Waals surface area contributed by atoms with Gasteiger partial charge >= 0.3 is 6.18 Å². The highest BCUT2D eigenvalue weighted by atomic mass is 79.9. The molecule has 0 aliphatic rings. The second-order valence-corrected chi connectivity index (χ2v) is 5.02. The zero-order valence-electron chi connectivity index (χ0n) is 10.0. The van der Waals surface area contributed by atoms with Gasteiger partial charge in [0.1, 0.15) is 0 Å². The molecule has 0 spiro atoms. The maximum absolute atomic E-state index is 12.6. The predicted molar refractivity (Wildman–Crippen MR) is 69.1 cm³/mol. The van der Waals surface area contributed by atoms with E-state index in [9.17, 15) is 13.2 Å². The maximum Gasteiger partial charge on any atom is 0.416 e. The van der Waals surface area contributed by atoms with Crippen molar-refractivity contribution < 1.29 is 13.2 Å². The Morgan fingerprint density at radius 3 is 2.61 bits per heavy atom. The van der Waals surface area contributed by atoms with E-state index in [-0.39, 0.29) is 6.04 Å². The molecular weight excluding hydrogens is 309 g/mol. The van der Waals surface area contributed by atoms with Crippen molar-refractivity contribution in [3.8, 4) is 0 Å². The van der Waals surface area contributed by atoms with Crippen LogP contribution in [-0.4, -0.2) is 12.6 Å². The molecule has 0 bridgehead atoms. The molecule has 0 saturated heterocycles. The number of nitrogens with one attached hydrogen (secondary N) is 1. The summed E-state index contributed by atoms with van der Waals surface area (Å²) in [6.07, 6.45) is -3.52. The number of alkyl halides is 3. The topological polar surface area (TPSA) is 38.0 Å². The molecule has 1 aromatic rings.